The van der Waals surface area contributed by atoms with E-state index >= 15 is 0 Å². The molecule has 3 nitrogen and oxygen atoms in total. The Bertz CT molecular complexity index is 620. The van der Waals surface area contributed by atoms with Crippen molar-refractivity contribution in [3.63, 3.8) is 0 Å². The Hall–Kier alpha value is -1.58. The average molecular weight is 305 g/mol. The van der Waals surface area contributed by atoms with E-state index in [4.69, 9.17) is 16.3 Å². The van der Waals surface area contributed by atoms with Gasteiger partial charge >= 0.3 is 0 Å². The largest absolute Gasteiger partial charge is 0.457 e. The molecule has 1 aromatic heterocycles. The number of rotatable bonds is 4. The number of ether oxygens (including phenoxy) is 1. The smallest absolute Gasteiger partial charge is 0.130 e. The Kier molecular flexibility index (Phi) is 4.86. The normalized spacial score (nSPS) is 11.5. The van der Waals surface area contributed by atoms with Crippen LogP contribution in [-0.4, -0.2) is 10.5 Å². The third-order valence-electron chi connectivity index (χ3n) is 2.95. The predicted octanol–water partition coefficient (Wildman–Crippen LogP) is 4.72. The topological polar surface area (TPSA) is 34.1 Å². The second-order valence-corrected chi connectivity index (χ2v) is 6.51. The fourth-order valence-corrected chi connectivity index (χ4v) is 1.91. The minimum Gasteiger partial charge on any atom is -0.457 e. The number of aryl methyl sites for hydroxylation is 1. The van der Waals surface area contributed by atoms with Gasteiger partial charge in [0.25, 0.3) is 0 Å². The summed E-state index contributed by atoms with van der Waals surface area (Å²) in [6.07, 6.45) is 1.76. The fourth-order valence-electron chi connectivity index (χ4n) is 1.79. The van der Waals surface area contributed by atoms with Crippen molar-refractivity contribution in [3.8, 4) is 11.5 Å². The highest BCUT2D eigenvalue weighted by Gasteiger charge is 2.09. The molecule has 0 saturated heterocycles. The van der Waals surface area contributed by atoms with Crippen LogP contribution in [0.2, 0.25) is 5.02 Å². The van der Waals surface area contributed by atoms with Crippen LogP contribution in [0.5, 0.6) is 11.5 Å². The summed E-state index contributed by atoms with van der Waals surface area (Å²) in [5.41, 5.74) is 2.01. The monoisotopic (exact) mass is 304 g/mol. The summed E-state index contributed by atoms with van der Waals surface area (Å²) in [5, 5.41) is 4.15. The molecule has 0 atom stereocenters. The van der Waals surface area contributed by atoms with Gasteiger partial charge in [-0.05, 0) is 57.5 Å². The van der Waals surface area contributed by atoms with E-state index < -0.39 is 0 Å². The second-order valence-electron chi connectivity index (χ2n) is 6.10. The number of nitrogens with zero attached hydrogens (tertiary/aromatic N) is 1. The molecule has 0 unspecified atom stereocenters. The summed E-state index contributed by atoms with van der Waals surface area (Å²) in [7, 11) is 0. The van der Waals surface area contributed by atoms with Gasteiger partial charge in [-0.3, -0.25) is 4.98 Å². The molecule has 0 saturated carbocycles. The summed E-state index contributed by atoms with van der Waals surface area (Å²) in [6, 6.07) is 9.43. The van der Waals surface area contributed by atoms with Gasteiger partial charge in [0.05, 0.1) is 5.69 Å². The summed E-state index contributed by atoms with van der Waals surface area (Å²) in [6.45, 7) is 9.05. The maximum Gasteiger partial charge on any atom is 0.130 e. The predicted molar refractivity (Wildman–Crippen MR) is 87.1 cm³/mol. The number of benzene rings is 1. The van der Waals surface area contributed by atoms with Crippen LogP contribution in [0, 0.1) is 6.92 Å². The first-order chi connectivity index (χ1) is 9.83. The van der Waals surface area contributed by atoms with E-state index in [0.717, 1.165) is 27.8 Å². The molecule has 0 aliphatic rings. The zero-order chi connectivity index (χ0) is 15.5. The number of aromatic nitrogens is 1. The van der Waals surface area contributed by atoms with Crippen molar-refractivity contribution in [1.82, 2.24) is 10.3 Å². The van der Waals surface area contributed by atoms with Gasteiger partial charge in [-0.25, -0.2) is 0 Å². The van der Waals surface area contributed by atoms with Crippen LogP contribution in [0.1, 0.15) is 32.0 Å². The fraction of sp³-hybridized carbons (Fsp3) is 0.353. The van der Waals surface area contributed by atoms with Crippen molar-refractivity contribution in [1.29, 1.82) is 0 Å². The van der Waals surface area contributed by atoms with E-state index in [2.05, 4.69) is 31.1 Å². The van der Waals surface area contributed by atoms with Crippen LogP contribution in [0.15, 0.2) is 36.5 Å². The highest BCUT2D eigenvalue weighted by molar-refractivity contribution is 6.31. The van der Waals surface area contributed by atoms with E-state index in [1.54, 1.807) is 6.20 Å². The first-order valence-electron chi connectivity index (χ1n) is 6.97. The van der Waals surface area contributed by atoms with Crippen molar-refractivity contribution >= 4 is 11.6 Å². The molecule has 112 valence electrons. The van der Waals surface area contributed by atoms with Gasteiger partial charge in [0.15, 0.2) is 0 Å². The minimum atomic E-state index is 0.0613. The maximum absolute atomic E-state index is 6.02. The molecule has 2 rings (SSSR count). The van der Waals surface area contributed by atoms with Crippen molar-refractivity contribution < 1.29 is 4.74 Å². The van der Waals surface area contributed by atoms with Gasteiger partial charge in [0.2, 0.25) is 0 Å². The number of nitrogens with one attached hydrogen (secondary N) is 1. The van der Waals surface area contributed by atoms with Crippen LogP contribution in [0.3, 0.4) is 0 Å². The van der Waals surface area contributed by atoms with E-state index in [0.29, 0.717) is 6.54 Å². The molecule has 1 N–H and O–H groups in total. The molecule has 1 heterocycles. The molecule has 0 amide bonds. The van der Waals surface area contributed by atoms with E-state index in [-0.39, 0.29) is 5.54 Å². The van der Waals surface area contributed by atoms with E-state index in [1.165, 1.54) is 0 Å². The molecule has 0 bridgehead atoms. The van der Waals surface area contributed by atoms with E-state index in [9.17, 15) is 0 Å². The Balaban J connectivity index is 2.08. The molecule has 0 radical (unpaired) electrons. The molecule has 0 aliphatic carbocycles. The van der Waals surface area contributed by atoms with Crippen molar-refractivity contribution in [3.05, 3.63) is 52.8 Å². The summed E-state index contributed by atoms with van der Waals surface area (Å²) >= 11 is 6.02. The highest BCUT2D eigenvalue weighted by Crippen LogP contribution is 2.26. The molecule has 0 spiro atoms. The Labute approximate surface area is 131 Å². The van der Waals surface area contributed by atoms with Crippen LogP contribution in [0.25, 0.3) is 0 Å². The van der Waals surface area contributed by atoms with E-state index in [1.807, 2.05) is 37.3 Å². The van der Waals surface area contributed by atoms with Gasteiger partial charge in [-0.15, -0.1) is 0 Å². The lowest BCUT2D eigenvalue weighted by Gasteiger charge is -2.20. The van der Waals surface area contributed by atoms with Gasteiger partial charge < -0.3 is 10.1 Å². The van der Waals surface area contributed by atoms with Crippen molar-refractivity contribution in [2.75, 3.05) is 0 Å². The highest BCUT2D eigenvalue weighted by atomic mass is 35.5. The van der Waals surface area contributed by atoms with Crippen LogP contribution in [0.4, 0.5) is 0 Å². The third-order valence-corrected chi connectivity index (χ3v) is 3.38. The lowest BCUT2D eigenvalue weighted by molar-refractivity contribution is 0.419. The molecule has 0 aliphatic heterocycles. The average Bonchev–Trinajstić information content (AvgIpc) is 2.40. The standard InChI is InChI=1S/C17H21ClN2O/c1-12-9-14(5-6-16(12)18)21-15-7-8-19-13(10-15)11-20-17(2,3)4/h5-10,20H,11H2,1-4H3. The maximum atomic E-state index is 6.02. The van der Waals surface area contributed by atoms with Crippen LogP contribution in [-0.2, 0) is 6.54 Å². The Morgan fingerprint density at radius 2 is 1.86 bits per heavy atom. The van der Waals surface area contributed by atoms with Crippen LogP contribution >= 0.6 is 11.6 Å². The minimum absolute atomic E-state index is 0.0613. The Morgan fingerprint density at radius 3 is 2.52 bits per heavy atom. The first-order valence-corrected chi connectivity index (χ1v) is 7.35. The number of halogens is 1. The molecule has 4 heteroatoms. The molecule has 1 aromatic carbocycles. The quantitative estimate of drug-likeness (QED) is 0.887. The summed E-state index contributed by atoms with van der Waals surface area (Å²) in [5.74, 6) is 1.55. The number of hydrogen-bond acceptors (Lipinski definition) is 3. The zero-order valence-electron chi connectivity index (χ0n) is 12.9. The SMILES string of the molecule is Cc1cc(Oc2ccnc(CNC(C)(C)C)c2)ccc1Cl. The molecule has 0 fully saturated rings. The summed E-state index contributed by atoms with van der Waals surface area (Å²) < 4.78 is 5.86. The molecular formula is C17H21ClN2O. The first kappa shape index (κ1) is 15.8. The van der Waals surface area contributed by atoms with Gasteiger partial charge in [0, 0.05) is 29.4 Å². The number of pyridine rings is 1. The third kappa shape index (κ3) is 5.03. The Morgan fingerprint density at radius 1 is 1.14 bits per heavy atom. The lowest BCUT2D eigenvalue weighted by Crippen LogP contribution is -2.35. The molecular weight excluding hydrogens is 284 g/mol. The van der Waals surface area contributed by atoms with Crippen molar-refractivity contribution in [2.24, 2.45) is 0 Å². The summed E-state index contributed by atoms with van der Waals surface area (Å²) in [4.78, 5) is 4.35. The second kappa shape index (κ2) is 6.46. The van der Waals surface area contributed by atoms with Crippen LogP contribution < -0.4 is 10.1 Å². The lowest BCUT2D eigenvalue weighted by atomic mass is 10.1. The zero-order valence-corrected chi connectivity index (χ0v) is 13.7. The van der Waals surface area contributed by atoms with Gasteiger partial charge in [-0.1, -0.05) is 11.6 Å². The van der Waals surface area contributed by atoms with Gasteiger partial charge in [0.1, 0.15) is 11.5 Å². The van der Waals surface area contributed by atoms with Gasteiger partial charge in [-0.2, -0.15) is 0 Å². The molecule has 2 aromatic rings. The molecule has 21 heavy (non-hydrogen) atoms. The number of hydrogen-bond donors (Lipinski definition) is 1. The van der Waals surface area contributed by atoms with Crippen molar-refractivity contribution in [2.45, 2.75) is 39.8 Å².